The van der Waals surface area contributed by atoms with Crippen molar-refractivity contribution < 1.29 is 9.59 Å². The third kappa shape index (κ3) is 3.16. The van der Waals surface area contributed by atoms with E-state index in [9.17, 15) is 9.59 Å². The van der Waals surface area contributed by atoms with Gasteiger partial charge in [-0.05, 0) is 33.1 Å². The Bertz CT molecular complexity index is 578. The van der Waals surface area contributed by atoms with Crippen molar-refractivity contribution >= 4 is 23.2 Å². The molecule has 5 nitrogen and oxygen atoms in total. The first-order valence-corrected chi connectivity index (χ1v) is 8.90. The molecule has 1 aliphatic heterocycles. The van der Waals surface area contributed by atoms with Crippen LogP contribution in [0.5, 0.6) is 0 Å². The third-order valence-corrected chi connectivity index (χ3v) is 5.71. The molecule has 6 heteroatoms. The van der Waals surface area contributed by atoms with E-state index >= 15 is 0 Å². The second-order valence-electron chi connectivity index (χ2n) is 6.37. The summed E-state index contributed by atoms with van der Waals surface area (Å²) < 4.78 is 0. The quantitative estimate of drug-likeness (QED) is 0.929. The zero-order chi connectivity index (χ0) is 15.7. The fourth-order valence-electron chi connectivity index (χ4n) is 3.42. The Morgan fingerprint density at radius 2 is 1.95 bits per heavy atom. The van der Waals surface area contributed by atoms with Gasteiger partial charge in [0, 0.05) is 19.1 Å². The first kappa shape index (κ1) is 15.5. The van der Waals surface area contributed by atoms with Gasteiger partial charge in [-0.1, -0.05) is 12.8 Å². The SMILES string of the molecule is Cc1nc(C)c(C(=O)N2CC[C@H](C(=O)NC3CCCC3)C2)s1. The topological polar surface area (TPSA) is 62.3 Å². The van der Waals surface area contributed by atoms with Gasteiger partial charge >= 0.3 is 0 Å². The van der Waals surface area contributed by atoms with Crippen LogP contribution in [0.25, 0.3) is 0 Å². The minimum absolute atomic E-state index is 0.0271. The average Bonchev–Trinajstić information content (AvgIpc) is 3.18. The van der Waals surface area contributed by atoms with E-state index in [1.54, 1.807) is 4.90 Å². The minimum atomic E-state index is -0.0566. The van der Waals surface area contributed by atoms with Gasteiger partial charge in [0.15, 0.2) is 0 Å². The van der Waals surface area contributed by atoms with Crippen molar-refractivity contribution in [2.45, 2.75) is 52.0 Å². The Morgan fingerprint density at radius 3 is 2.59 bits per heavy atom. The number of likely N-dealkylation sites (tertiary alicyclic amines) is 1. The summed E-state index contributed by atoms with van der Waals surface area (Å²) in [7, 11) is 0. The molecule has 0 radical (unpaired) electrons. The standard InChI is InChI=1S/C16H23N3O2S/c1-10-14(22-11(2)17-10)16(21)19-8-7-12(9-19)15(20)18-13-5-3-4-6-13/h12-13H,3-9H2,1-2H3,(H,18,20)/t12-/m0/s1. The molecule has 3 rings (SSSR count). The smallest absolute Gasteiger partial charge is 0.265 e. The number of nitrogens with zero attached hydrogens (tertiary/aromatic N) is 2. The first-order valence-electron chi connectivity index (χ1n) is 8.08. The lowest BCUT2D eigenvalue weighted by Gasteiger charge is -2.17. The Kier molecular flexibility index (Phi) is 4.47. The van der Waals surface area contributed by atoms with E-state index in [2.05, 4.69) is 10.3 Å². The number of rotatable bonds is 3. The van der Waals surface area contributed by atoms with Gasteiger partial charge in [-0.3, -0.25) is 9.59 Å². The van der Waals surface area contributed by atoms with Crippen LogP contribution in [0.15, 0.2) is 0 Å². The molecule has 1 atom stereocenters. The molecule has 0 unspecified atom stereocenters. The van der Waals surface area contributed by atoms with Crippen LogP contribution in [0, 0.1) is 19.8 Å². The minimum Gasteiger partial charge on any atom is -0.353 e. The average molecular weight is 321 g/mol. The van der Waals surface area contributed by atoms with Crippen molar-refractivity contribution in [3.05, 3.63) is 15.6 Å². The molecule has 0 aromatic carbocycles. The predicted octanol–water partition coefficient (Wildman–Crippen LogP) is 2.28. The van der Waals surface area contributed by atoms with E-state index in [0.29, 0.717) is 24.0 Å². The van der Waals surface area contributed by atoms with Gasteiger partial charge in [0.1, 0.15) is 4.88 Å². The molecule has 0 bridgehead atoms. The van der Waals surface area contributed by atoms with E-state index in [0.717, 1.165) is 30.0 Å². The van der Waals surface area contributed by atoms with E-state index < -0.39 is 0 Å². The van der Waals surface area contributed by atoms with Gasteiger partial charge in [-0.2, -0.15) is 0 Å². The van der Waals surface area contributed by atoms with Gasteiger partial charge in [-0.15, -0.1) is 11.3 Å². The molecule has 1 N–H and O–H groups in total. The summed E-state index contributed by atoms with van der Waals surface area (Å²) in [4.78, 5) is 31.7. The molecular weight excluding hydrogens is 298 g/mol. The van der Waals surface area contributed by atoms with Crippen molar-refractivity contribution in [2.24, 2.45) is 5.92 Å². The Balaban J connectivity index is 1.58. The van der Waals surface area contributed by atoms with Gasteiger partial charge in [0.2, 0.25) is 5.91 Å². The van der Waals surface area contributed by atoms with E-state index in [4.69, 9.17) is 0 Å². The molecule has 0 spiro atoms. The maximum absolute atomic E-state index is 12.6. The van der Waals surface area contributed by atoms with Crippen molar-refractivity contribution in [3.63, 3.8) is 0 Å². The lowest BCUT2D eigenvalue weighted by atomic mass is 10.1. The number of aryl methyl sites for hydroxylation is 2. The van der Waals surface area contributed by atoms with Crippen LogP contribution in [-0.2, 0) is 4.79 Å². The lowest BCUT2D eigenvalue weighted by molar-refractivity contribution is -0.125. The zero-order valence-electron chi connectivity index (χ0n) is 13.2. The molecule has 1 saturated heterocycles. The second-order valence-corrected chi connectivity index (χ2v) is 7.58. The van der Waals surface area contributed by atoms with Gasteiger partial charge in [0.25, 0.3) is 5.91 Å². The Hall–Kier alpha value is -1.43. The summed E-state index contributed by atoms with van der Waals surface area (Å²) in [5, 5.41) is 4.06. The summed E-state index contributed by atoms with van der Waals surface area (Å²) in [5.41, 5.74) is 0.798. The maximum Gasteiger partial charge on any atom is 0.265 e. The predicted molar refractivity (Wildman–Crippen MR) is 86.0 cm³/mol. The number of hydrogen-bond acceptors (Lipinski definition) is 4. The summed E-state index contributed by atoms with van der Waals surface area (Å²) in [6, 6.07) is 0.351. The fourth-order valence-corrected chi connectivity index (χ4v) is 4.31. The molecule has 1 aromatic heterocycles. The van der Waals surface area contributed by atoms with Crippen LogP contribution in [0.2, 0.25) is 0 Å². The highest BCUT2D eigenvalue weighted by Gasteiger charge is 2.33. The number of nitrogens with one attached hydrogen (secondary N) is 1. The highest BCUT2D eigenvalue weighted by atomic mass is 32.1. The highest BCUT2D eigenvalue weighted by Crippen LogP contribution is 2.25. The van der Waals surface area contributed by atoms with Crippen LogP contribution in [0.3, 0.4) is 0 Å². The number of carbonyl (C=O) groups excluding carboxylic acids is 2. The monoisotopic (exact) mass is 321 g/mol. The van der Waals surface area contributed by atoms with E-state index in [1.807, 2.05) is 13.8 Å². The van der Waals surface area contributed by atoms with Gasteiger partial charge in [-0.25, -0.2) is 4.98 Å². The summed E-state index contributed by atoms with van der Waals surface area (Å²) >= 11 is 1.44. The molecular formula is C16H23N3O2S. The first-order chi connectivity index (χ1) is 10.5. The normalized spacial score (nSPS) is 22.3. The van der Waals surface area contributed by atoms with Gasteiger partial charge in [0.05, 0.1) is 16.6 Å². The molecule has 1 aliphatic carbocycles. The van der Waals surface area contributed by atoms with Crippen LogP contribution in [-0.4, -0.2) is 40.8 Å². The second kappa shape index (κ2) is 6.36. The van der Waals surface area contributed by atoms with Crippen molar-refractivity contribution in [2.75, 3.05) is 13.1 Å². The van der Waals surface area contributed by atoms with Crippen LogP contribution >= 0.6 is 11.3 Å². The molecule has 1 aromatic rings. The molecule has 120 valence electrons. The zero-order valence-corrected chi connectivity index (χ0v) is 14.0. The molecule has 2 fully saturated rings. The Labute approximate surface area is 135 Å². The number of amides is 2. The Morgan fingerprint density at radius 1 is 1.23 bits per heavy atom. The van der Waals surface area contributed by atoms with Crippen molar-refractivity contribution in [1.82, 2.24) is 15.2 Å². The molecule has 2 amide bonds. The van der Waals surface area contributed by atoms with E-state index in [-0.39, 0.29) is 17.7 Å². The molecule has 22 heavy (non-hydrogen) atoms. The number of carbonyl (C=O) groups is 2. The third-order valence-electron chi connectivity index (χ3n) is 4.65. The highest BCUT2D eigenvalue weighted by molar-refractivity contribution is 7.13. The number of hydrogen-bond donors (Lipinski definition) is 1. The van der Waals surface area contributed by atoms with Crippen molar-refractivity contribution in [1.29, 1.82) is 0 Å². The lowest BCUT2D eigenvalue weighted by Crippen LogP contribution is -2.39. The van der Waals surface area contributed by atoms with Crippen molar-refractivity contribution in [3.8, 4) is 0 Å². The molecule has 2 heterocycles. The van der Waals surface area contributed by atoms with Crippen LogP contribution in [0.4, 0.5) is 0 Å². The van der Waals surface area contributed by atoms with E-state index in [1.165, 1.54) is 24.2 Å². The van der Waals surface area contributed by atoms with Crippen LogP contribution in [0.1, 0.15) is 52.5 Å². The molecule has 1 saturated carbocycles. The maximum atomic E-state index is 12.6. The number of aromatic nitrogens is 1. The fraction of sp³-hybridized carbons (Fsp3) is 0.688. The van der Waals surface area contributed by atoms with Gasteiger partial charge < -0.3 is 10.2 Å². The summed E-state index contributed by atoms with van der Waals surface area (Å²) in [6.45, 7) is 4.99. The summed E-state index contributed by atoms with van der Waals surface area (Å²) in [5.74, 6) is 0.0950. The number of thiazole rings is 1. The summed E-state index contributed by atoms with van der Waals surface area (Å²) in [6.07, 6.45) is 5.39. The largest absolute Gasteiger partial charge is 0.353 e. The molecule has 2 aliphatic rings. The van der Waals surface area contributed by atoms with Crippen LogP contribution < -0.4 is 5.32 Å².